The van der Waals surface area contributed by atoms with Gasteiger partial charge in [-0.2, -0.15) is 5.10 Å². The first-order valence-electron chi connectivity index (χ1n) is 10.7. The fourth-order valence-corrected chi connectivity index (χ4v) is 4.60. The highest BCUT2D eigenvalue weighted by atomic mass is 15.3. The molecule has 0 bridgehead atoms. The molecule has 1 aliphatic carbocycles. The zero-order valence-electron chi connectivity index (χ0n) is 17.9. The Kier molecular flexibility index (Phi) is 4.87. The number of fused-ring (bicyclic) bond motifs is 1. The van der Waals surface area contributed by atoms with E-state index in [4.69, 9.17) is 10.1 Å². The second-order valence-electron chi connectivity index (χ2n) is 8.86. The van der Waals surface area contributed by atoms with Crippen LogP contribution in [0.3, 0.4) is 0 Å². The van der Waals surface area contributed by atoms with E-state index in [9.17, 15) is 0 Å². The standard InChI is InChI=1S/C26H28N4/c1-18-13-25(20-7-5-4-6-8-20)27-26-16-21(9-10-23(18)26)24-11-12-30(28-24)22-14-19(15-22)17-29(2)3/h4-13,16,19,22H,14-15,17H2,1-3H3. The lowest BCUT2D eigenvalue weighted by Gasteiger charge is -2.36. The molecule has 4 heteroatoms. The molecule has 0 aliphatic heterocycles. The van der Waals surface area contributed by atoms with Gasteiger partial charge in [0.25, 0.3) is 0 Å². The van der Waals surface area contributed by atoms with Crippen LogP contribution in [0.5, 0.6) is 0 Å². The third kappa shape index (κ3) is 3.63. The second kappa shape index (κ2) is 7.69. The summed E-state index contributed by atoms with van der Waals surface area (Å²) < 4.78 is 2.16. The summed E-state index contributed by atoms with van der Waals surface area (Å²) in [5.74, 6) is 0.793. The Morgan fingerprint density at radius 1 is 0.933 bits per heavy atom. The minimum absolute atomic E-state index is 0.536. The van der Waals surface area contributed by atoms with E-state index in [2.05, 4.69) is 91.4 Å². The molecule has 0 unspecified atom stereocenters. The van der Waals surface area contributed by atoms with E-state index < -0.39 is 0 Å². The van der Waals surface area contributed by atoms with Gasteiger partial charge in [0.1, 0.15) is 0 Å². The van der Waals surface area contributed by atoms with Gasteiger partial charge in [-0.15, -0.1) is 0 Å². The number of hydrogen-bond acceptors (Lipinski definition) is 3. The van der Waals surface area contributed by atoms with E-state index in [1.54, 1.807) is 0 Å². The Labute approximate surface area is 178 Å². The zero-order chi connectivity index (χ0) is 20.7. The lowest BCUT2D eigenvalue weighted by molar-refractivity contribution is 0.146. The van der Waals surface area contributed by atoms with Crippen LogP contribution in [0.2, 0.25) is 0 Å². The molecule has 0 saturated heterocycles. The van der Waals surface area contributed by atoms with Gasteiger partial charge in [-0.3, -0.25) is 4.68 Å². The third-order valence-electron chi connectivity index (χ3n) is 6.20. The van der Waals surface area contributed by atoms with Crippen LogP contribution in [0.15, 0.2) is 66.9 Å². The molecular weight excluding hydrogens is 368 g/mol. The van der Waals surface area contributed by atoms with E-state index in [1.165, 1.54) is 30.3 Å². The summed E-state index contributed by atoms with van der Waals surface area (Å²) in [6.07, 6.45) is 4.57. The molecule has 152 valence electrons. The van der Waals surface area contributed by atoms with Gasteiger partial charge < -0.3 is 4.90 Å². The van der Waals surface area contributed by atoms with Crippen molar-refractivity contribution >= 4 is 10.9 Å². The smallest absolute Gasteiger partial charge is 0.0924 e. The largest absolute Gasteiger partial charge is 0.309 e. The molecule has 2 aromatic carbocycles. The number of aromatic nitrogens is 3. The molecule has 1 aliphatic rings. The van der Waals surface area contributed by atoms with Gasteiger partial charge in [0, 0.05) is 29.3 Å². The van der Waals surface area contributed by atoms with Crippen molar-refractivity contribution in [3.8, 4) is 22.5 Å². The van der Waals surface area contributed by atoms with Gasteiger partial charge in [0.05, 0.1) is 22.9 Å². The fraction of sp³-hybridized carbons (Fsp3) is 0.308. The number of benzene rings is 2. The molecule has 30 heavy (non-hydrogen) atoms. The first kappa shape index (κ1) is 19.0. The molecular formula is C26H28N4. The Morgan fingerprint density at radius 3 is 2.50 bits per heavy atom. The maximum absolute atomic E-state index is 4.96. The second-order valence-corrected chi connectivity index (χ2v) is 8.86. The molecule has 1 fully saturated rings. The predicted octanol–water partition coefficient (Wildman–Crippen LogP) is 5.59. The van der Waals surface area contributed by atoms with Crippen molar-refractivity contribution in [3.63, 3.8) is 0 Å². The Balaban J connectivity index is 1.42. The summed E-state index contributed by atoms with van der Waals surface area (Å²) in [6.45, 7) is 3.33. The van der Waals surface area contributed by atoms with E-state index in [0.717, 1.165) is 33.9 Å². The fourth-order valence-electron chi connectivity index (χ4n) is 4.60. The quantitative estimate of drug-likeness (QED) is 0.441. The average molecular weight is 397 g/mol. The van der Waals surface area contributed by atoms with Crippen LogP contribution in [0.1, 0.15) is 24.4 Å². The molecule has 1 saturated carbocycles. The molecule has 0 radical (unpaired) electrons. The predicted molar refractivity (Wildman–Crippen MR) is 123 cm³/mol. The van der Waals surface area contributed by atoms with Crippen LogP contribution < -0.4 is 0 Å². The number of nitrogens with zero attached hydrogens (tertiary/aromatic N) is 4. The Bertz CT molecular complexity index is 1170. The molecule has 0 amide bonds. The topological polar surface area (TPSA) is 34.0 Å². The Hall–Kier alpha value is -2.98. The molecule has 4 aromatic rings. The van der Waals surface area contributed by atoms with E-state index >= 15 is 0 Å². The Morgan fingerprint density at radius 2 is 1.73 bits per heavy atom. The minimum Gasteiger partial charge on any atom is -0.309 e. The summed E-state index contributed by atoms with van der Waals surface area (Å²) >= 11 is 0. The van der Waals surface area contributed by atoms with Gasteiger partial charge >= 0.3 is 0 Å². The molecule has 0 spiro atoms. The summed E-state index contributed by atoms with van der Waals surface area (Å²) in [5.41, 5.74) is 6.59. The van der Waals surface area contributed by atoms with Crippen molar-refractivity contribution in [2.45, 2.75) is 25.8 Å². The van der Waals surface area contributed by atoms with Crippen molar-refractivity contribution in [1.82, 2.24) is 19.7 Å². The SMILES string of the molecule is Cc1cc(-c2ccccc2)nc2cc(-c3ccn(C4CC(CN(C)C)C4)n3)ccc12. The van der Waals surface area contributed by atoms with Crippen molar-refractivity contribution < 1.29 is 0 Å². The van der Waals surface area contributed by atoms with Gasteiger partial charge in [-0.05, 0) is 63.5 Å². The monoisotopic (exact) mass is 396 g/mol. The van der Waals surface area contributed by atoms with Crippen LogP contribution in [0, 0.1) is 12.8 Å². The highest BCUT2D eigenvalue weighted by molar-refractivity contribution is 5.88. The number of hydrogen-bond donors (Lipinski definition) is 0. The van der Waals surface area contributed by atoms with Crippen LogP contribution in [0.4, 0.5) is 0 Å². The van der Waals surface area contributed by atoms with Crippen LogP contribution in [-0.2, 0) is 0 Å². The van der Waals surface area contributed by atoms with E-state index in [1.807, 2.05) is 6.07 Å². The van der Waals surface area contributed by atoms with Crippen LogP contribution in [0.25, 0.3) is 33.4 Å². The lowest BCUT2D eigenvalue weighted by Crippen LogP contribution is -2.34. The van der Waals surface area contributed by atoms with Crippen molar-refractivity contribution in [1.29, 1.82) is 0 Å². The summed E-state index contributed by atoms with van der Waals surface area (Å²) in [6, 6.07) is 21.7. The maximum atomic E-state index is 4.96. The summed E-state index contributed by atoms with van der Waals surface area (Å²) in [7, 11) is 4.30. The molecule has 4 nitrogen and oxygen atoms in total. The van der Waals surface area contributed by atoms with Crippen molar-refractivity contribution in [3.05, 3.63) is 72.4 Å². The lowest BCUT2D eigenvalue weighted by atomic mass is 9.80. The number of pyridine rings is 1. The van der Waals surface area contributed by atoms with E-state index in [-0.39, 0.29) is 0 Å². The molecule has 2 aromatic heterocycles. The van der Waals surface area contributed by atoms with Gasteiger partial charge in [-0.1, -0.05) is 42.5 Å². The molecule has 0 atom stereocenters. The van der Waals surface area contributed by atoms with Crippen LogP contribution >= 0.6 is 0 Å². The van der Waals surface area contributed by atoms with Crippen molar-refractivity contribution in [2.75, 3.05) is 20.6 Å². The molecule has 0 N–H and O–H groups in total. The van der Waals surface area contributed by atoms with Crippen molar-refractivity contribution in [2.24, 2.45) is 5.92 Å². The number of rotatable bonds is 5. The molecule has 5 rings (SSSR count). The van der Waals surface area contributed by atoms with Crippen LogP contribution in [-0.4, -0.2) is 40.3 Å². The third-order valence-corrected chi connectivity index (χ3v) is 6.20. The first-order chi connectivity index (χ1) is 14.6. The summed E-state index contributed by atoms with van der Waals surface area (Å²) in [4.78, 5) is 7.24. The minimum atomic E-state index is 0.536. The van der Waals surface area contributed by atoms with Gasteiger partial charge in [-0.25, -0.2) is 4.98 Å². The van der Waals surface area contributed by atoms with Gasteiger partial charge in [0.15, 0.2) is 0 Å². The highest BCUT2D eigenvalue weighted by Gasteiger charge is 2.31. The first-order valence-corrected chi connectivity index (χ1v) is 10.7. The normalized spacial score (nSPS) is 18.7. The average Bonchev–Trinajstić information content (AvgIpc) is 3.20. The summed E-state index contributed by atoms with van der Waals surface area (Å²) in [5, 5.41) is 6.10. The number of aryl methyl sites for hydroxylation is 1. The van der Waals surface area contributed by atoms with Gasteiger partial charge in [0.2, 0.25) is 0 Å². The highest BCUT2D eigenvalue weighted by Crippen LogP contribution is 2.38. The van der Waals surface area contributed by atoms with E-state index in [0.29, 0.717) is 6.04 Å². The maximum Gasteiger partial charge on any atom is 0.0924 e. The molecule has 2 heterocycles. The zero-order valence-corrected chi connectivity index (χ0v) is 17.9.